The first-order valence-corrected chi connectivity index (χ1v) is 6.27. The number of hydrogen-bond acceptors (Lipinski definition) is 3. The fourth-order valence-electron chi connectivity index (χ4n) is 1.14. The average molecular weight is 383 g/mol. The van der Waals surface area contributed by atoms with Crippen molar-refractivity contribution in [3.63, 3.8) is 0 Å². The second-order valence-corrected chi connectivity index (χ2v) is 5.01. The minimum atomic E-state index is -0.260. The zero-order chi connectivity index (χ0) is 12.4. The predicted molar refractivity (Wildman–Crippen MR) is 74.1 cm³/mol. The average Bonchev–Trinajstić information content (AvgIpc) is 2.23. The van der Waals surface area contributed by atoms with E-state index in [-0.39, 0.29) is 11.4 Å². The van der Waals surface area contributed by atoms with Crippen LogP contribution in [0.2, 0.25) is 10.0 Å². The number of aromatic amines is 1. The maximum atomic E-state index is 11.3. The van der Waals surface area contributed by atoms with Crippen LogP contribution < -0.4 is 10.3 Å². The molecule has 1 N–H and O–H groups in total. The Morgan fingerprint density at radius 2 is 1.88 bits per heavy atom. The largest absolute Gasteiger partial charge is 0.438 e. The molecule has 0 saturated heterocycles. The highest BCUT2D eigenvalue weighted by molar-refractivity contribution is 14.1. The summed E-state index contributed by atoms with van der Waals surface area (Å²) < 4.78 is 5.81. The van der Waals surface area contributed by atoms with E-state index in [4.69, 9.17) is 27.9 Å². The normalized spacial score (nSPS) is 10.3. The molecule has 0 radical (unpaired) electrons. The Morgan fingerprint density at radius 1 is 1.24 bits per heavy atom. The molecule has 0 bridgehead atoms. The third-order valence-electron chi connectivity index (χ3n) is 1.82. The van der Waals surface area contributed by atoms with Gasteiger partial charge in [-0.05, 0) is 40.8 Å². The number of H-pyrrole nitrogens is 1. The van der Waals surface area contributed by atoms with Gasteiger partial charge in [0.25, 0.3) is 5.56 Å². The molecule has 0 saturated carbocycles. The molecule has 7 heteroatoms. The molecule has 1 heterocycles. The Kier molecular flexibility index (Phi) is 3.90. The van der Waals surface area contributed by atoms with E-state index in [0.29, 0.717) is 19.4 Å². The molecule has 2 rings (SSSR count). The third kappa shape index (κ3) is 3.11. The van der Waals surface area contributed by atoms with E-state index in [2.05, 4.69) is 9.97 Å². The van der Waals surface area contributed by atoms with E-state index in [9.17, 15) is 4.79 Å². The predicted octanol–water partition coefficient (Wildman–Crippen LogP) is 3.47. The topological polar surface area (TPSA) is 55.0 Å². The van der Waals surface area contributed by atoms with Crippen LogP contribution >= 0.6 is 45.8 Å². The van der Waals surface area contributed by atoms with E-state index in [0.717, 1.165) is 0 Å². The molecule has 0 fully saturated rings. The summed E-state index contributed by atoms with van der Waals surface area (Å²) in [7, 11) is 0. The van der Waals surface area contributed by atoms with Crippen molar-refractivity contribution in [2.75, 3.05) is 0 Å². The van der Waals surface area contributed by atoms with Crippen molar-refractivity contribution in [1.82, 2.24) is 9.97 Å². The minimum absolute atomic E-state index is 0.215. The van der Waals surface area contributed by atoms with Crippen LogP contribution in [0.25, 0.3) is 0 Å². The molecule has 0 amide bonds. The van der Waals surface area contributed by atoms with Crippen molar-refractivity contribution in [1.29, 1.82) is 0 Å². The lowest BCUT2D eigenvalue weighted by Crippen LogP contribution is -2.11. The van der Waals surface area contributed by atoms with E-state index in [1.807, 2.05) is 22.6 Å². The van der Waals surface area contributed by atoms with Crippen LogP contribution in [0.1, 0.15) is 0 Å². The Labute approximate surface area is 120 Å². The van der Waals surface area contributed by atoms with Gasteiger partial charge in [0.1, 0.15) is 9.32 Å². The van der Waals surface area contributed by atoms with Gasteiger partial charge in [0.2, 0.25) is 5.88 Å². The number of aromatic nitrogens is 2. The monoisotopic (exact) mass is 382 g/mol. The maximum Gasteiger partial charge on any atom is 0.268 e. The van der Waals surface area contributed by atoms with Crippen LogP contribution in [-0.4, -0.2) is 9.97 Å². The SMILES string of the molecule is O=c1[nH]cnc(Oc2cc(Cl)cc(Cl)c2)c1I. The molecule has 1 aromatic carbocycles. The number of rotatable bonds is 2. The van der Waals surface area contributed by atoms with Gasteiger partial charge in [-0.1, -0.05) is 23.2 Å². The maximum absolute atomic E-state index is 11.3. The molecule has 0 spiro atoms. The highest BCUT2D eigenvalue weighted by Crippen LogP contribution is 2.28. The van der Waals surface area contributed by atoms with Gasteiger partial charge in [-0.25, -0.2) is 4.98 Å². The molecule has 4 nitrogen and oxygen atoms in total. The zero-order valence-electron chi connectivity index (χ0n) is 8.21. The highest BCUT2D eigenvalue weighted by atomic mass is 127. The van der Waals surface area contributed by atoms with Gasteiger partial charge in [-0.2, -0.15) is 0 Å². The van der Waals surface area contributed by atoms with Gasteiger partial charge in [0, 0.05) is 10.0 Å². The van der Waals surface area contributed by atoms with Crippen molar-refractivity contribution in [3.05, 3.63) is 48.5 Å². The summed E-state index contributed by atoms with van der Waals surface area (Å²) in [6.07, 6.45) is 1.27. The second kappa shape index (κ2) is 5.24. The first-order valence-electron chi connectivity index (χ1n) is 4.43. The number of benzene rings is 1. The van der Waals surface area contributed by atoms with Crippen LogP contribution in [0.15, 0.2) is 29.3 Å². The van der Waals surface area contributed by atoms with E-state index in [1.54, 1.807) is 18.2 Å². The fraction of sp³-hybridized carbons (Fsp3) is 0. The Morgan fingerprint density at radius 3 is 2.53 bits per heavy atom. The molecule has 1 aromatic heterocycles. The summed E-state index contributed by atoms with van der Waals surface area (Å²) in [5.74, 6) is 0.645. The first-order chi connectivity index (χ1) is 8.06. The Bertz CT molecular complexity index is 595. The molecule has 88 valence electrons. The summed E-state index contributed by atoms with van der Waals surface area (Å²) >= 11 is 13.5. The van der Waals surface area contributed by atoms with E-state index >= 15 is 0 Å². The molecule has 17 heavy (non-hydrogen) atoms. The van der Waals surface area contributed by atoms with Gasteiger partial charge in [0.05, 0.1) is 6.33 Å². The first kappa shape index (κ1) is 12.7. The smallest absolute Gasteiger partial charge is 0.268 e. The number of nitrogens with zero attached hydrogens (tertiary/aromatic N) is 1. The Hall–Kier alpha value is -0.790. The van der Waals surface area contributed by atoms with Crippen LogP contribution in [0.4, 0.5) is 0 Å². The van der Waals surface area contributed by atoms with Crippen LogP contribution in [0, 0.1) is 3.57 Å². The quantitative estimate of drug-likeness (QED) is 0.809. The molecule has 2 aromatic rings. The molecule has 0 aliphatic heterocycles. The van der Waals surface area contributed by atoms with Crippen molar-refractivity contribution >= 4 is 45.8 Å². The summed E-state index contributed by atoms with van der Waals surface area (Å²) in [5.41, 5.74) is -0.260. The molecule has 0 aliphatic carbocycles. The number of hydrogen-bond donors (Lipinski definition) is 1. The summed E-state index contributed by atoms with van der Waals surface area (Å²) in [4.78, 5) is 17.7. The van der Waals surface area contributed by atoms with Gasteiger partial charge >= 0.3 is 0 Å². The third-order valence-corrected chi connectivity index (χ3v) is 3.20. The Balaban J connectivity index is 2.38. The van der Waals surface area contributed by atoms with Crippen molar-refractivity contribution in [3.8, 4) is 11.6 Å². The van der Waals surface area contributed by atoms with Gasteiger partial charge in [0.15, 0.2) is 0 Å². The number of halogens is 3. The standard InChI is InChI=1S/C10H5Cl2IN2O2/c11-5-1-6(12)3-7(2-5)17-10-8(13)9(16)14-4-15-10/h1-4H,(H,14,15,16). The molecule has 0 atom stereocenters. The second-order valence-electron chi connectivity index (χ2n) is 3.06. The number of nitrogens with one attached hydrogen (secondary N) is 1. The van der Waals surface area contributed by atoms with E-state index in [1.165, 1.54) is 6.33 Å². The lowest BCUT2D eigenvalue weighted by Gasteiger charge is -2.06. The molecule has 0 unspecified atom stereocenters. The molecule has 0 aliphatic rings. The van der Waals surface area contributed by atoms with Gasteiger partial charge in [-0.3, -0.25) is 4.79 Å². The zero-order valence-corrected chi connectivity index (χ0v) is 11.9. The summed E-state index contributed by atoms with van der Waals surface area (Å²) in [6.45, 7) is 0. The van der Waals surface area contributed by atoms with Crippen molar-refractivity contribution in [2.24, 2.45) is 0 Å². The fourth-order valence-corrected chi connectivity index (χ4v) is 2.05. The van der Waals surface area contributed by atoms with Crippen LogP contribution in [0.3, 0.4) is 0 Å². The molecular weight excluding hydrogens is 378 g/mol. The van der Waals surface area contributed by atoms with Crippen LogP contribution in [-0.2, 0) is 0 Å². The van der Waals surface area contributed by atoms with Crippen molar-refractivity contribution in [2.45, 2.75) is 0 Å². The summed E-state index contributed by atoms with van der Waals surface area (Å²) in [5, 5.41) is 0.902. The lowest BCUT2D eigenvalue weighted by atomic mass is 10.3. The lowest BCUT2D eigenvalue weighted by molar-refractivity contribution is 0.456. The van der Waals surface area contributed by atoms with E-state index < -0.39 is 0 Å². The highest BCUT2D eigenvalue weighted by Gasteiger charge is 2.08. The van der Waals surface area contributed by atoms with Gasteiger partial charge < -0.3 is 9.72 Å². The van der Waals surface area contributed by atoms with Crippen molar-refractivity contribution < 1.29 is 4.74 Å². The minimum Gasteiger partial charge on any atom is -0.438 e. The molecular formula is C10H5Cl2IN2O2. The summed E-state index contributed by atoms with van der Waals surface area (Å²) in [6, 6.07) is 4.77. The van der Waals surface area contributed by atoms with Gasteiger partial charge in [-0.15, -0.1) is 0 Å². The van der Waals surface area contributed by atoms with Crippen LogP contribution in [0.5, 0.6) is 11.6 Å². The number of ether oxygens (including phenoxy) is 1.